The topological polar surface area (TPSA) is 45.2 Å². The molecule has 3 rings (SSSR count). The largest absolute Gasteiger partial charge is 0.375 e. The molecule has 1 amide bonds. The molecule has 0 aliphatic carbocycles. The lowest BCUT2D eigenvalue weighted by molar-refractivity contribution is -0.118. The zero-order chi connectivity index (χ0) is 14.1. The van der Waals surface area contributed by atoms with Gasteiger partial charge in [-0.15, -0.1) is 0 Å². The van der Waals surface area contributed by atoms with Gasteiger partial charge in [-0.3, -0.25) is 9.78 Å². The highest BCUT2D eigenvalue weighted by Gasteiger charge is 2.29. The molecule has 1 unspecified atom stereocenters. The molecule has 0 spiro atoms. The third-order valence-corrected chi connectivity index (χ3v) is 3.85. The number of carbonyl (C=O) groups excluding carboxylic acids is 1. The van der Waals surface area contributed by atoms with Crippen molar-refractivity contribution < 1.29 is 4.79 Å². The minimum Gasteiger partial charge on any atom is -0.375 e. The van der Waals surface area contributed by atoms with Gasteiger partial charge in [0.25, 0.3) is 0 Å². The average molecular weight is 288 g/mol. The van der Waals surface area contributed by atoms with Crippen LogP contribution >= 0.6 is 11.6 Å². The van der Waals surface area contributed by atoms with E-state index in [1.165, 1.54) is 0 Å². The van der Waals surface area contributed by atoms with E-state index in [9.17, 15) is 4.79 Å². The van der Waals surface area contributed by atoms with E-state index in [0.717, 1.165) is 16.9 Å². The van der Waals surface area contributed by atoms with Crippen LogP contribution in [0.3, 0.4) is 0 Å². The van der Waals surface area contributed by atoms with Crippen LogP contribution in [0.4, 0.5) is 11.4 Å². The summed E-state index contributed by atoms with van der Waals surface area (Å²) < 4.78 is 0. The molecule has 1 aliphatic heterocycles. The molecule has 0 saturated carbocycles. The molecule has 2 aromatic rings. The monoisotopic (exact) mass is 287 g/mol. The van der Waals surface area contributed by atoms with E-state index in [1.54, 1.807) is 30.4 Å². The van der Waals surface area contributed by atoms with Crippen molar-refractivity contribution in [2.45, 2.75) is 12.5 Å². The van der Waals surface area contributed by atoms with Gasteiger partial charge in [0.05, 0.1) is 29.4 Å². The molecular formula is C15H14ClN3O. The van der Waals surface area contributed by atoms with Crippen LogP contribution in [0.25, 0.3) is 0 Å². The van der Waals surface area contributed by atoms with Crippen molar-refractivity contribution in [1.29, 1.82) is 0 Å². The van der Waals surface area contributed by atoms with Crippen molar-refractivity contribution in [3.8, 4) is 0 Å². The first-order chi connectivity index (χ1) is 9.66. The van der Waals surface area contributed by atoms with Gasteiger partial charge in [-0.05, 0) is 17.7 Å². The predicted octanol–water partition coefficient (Wildman–Crippen LogP) is 3.25. The van der Waals surface area contributed by atoms with Crippen molar-refractivity contribution >= 4 is 28.9 Å². The van der Waals surface area contributed by atoms with Crippen molar-refractivity contribution in [1.82, 2.24) is 4.98 Å². The summed E-state index contributed by atoms with van der Waals surface area (Å²) >= 11 is 6.14. The fourth-order valence-corrected chi connectivity index (χ4v) is 2.60. The lowest BCUT2D eigenvalue weighted by Crippen LogP contribution is -2.35. The van der Waals surface area contributed by atoms with Gasteiger partial charge >= 0.3 is 0 Å². The second kappa shape index (κ2) is 5.13. The van der Waals surface area contributed by atoms with Gasteiger partial charge in [-0.1, -0.05) is 29.8 Å². The number of anilines is 2. The highest BCUT2D eigenvalue weighted by molar-refractivity contribution is 6.33. The first-order valence-electron chi connectivity index (χ1n) is 6.38. The first kappa shape index (κ1) is 12.9. The lowest BCUT2D eigenvalue weighted by atomic mass is 9.96. The Labute approximate surface area is 122 Å². The fraction of sp³-hybridized carbons (Fsp3) is 0.200. The predicted molar refractivity (Wildman–Crippen MR) is 80.1 cm³/mol. The summed E-state index contributed by atoms with van der Waals surface area (Å²) in [4.78, 5) is 17.8. The maximum Gasteiger partial charge on any atom is 0.229 e. The molecule has 1 aliphatic rings. The molecule has 0 saturated heterocycles. The molecule has 102 valence electrons. The SMILES string of the molecule is CN1C(=O)CC(Nc2cnccc2Cl)c2ccccc21. The molecular weight excluding hydrogens is 274 g/mol. The Morgan fingerprint density at radius 1 is 1.35 bits per heavy atom. The summed E-state index contributed by atoms with van der Waals surface area (Å²) in [6.07, 6.45) is 3.72. The van der Waals surface area contributed by atoms with E-state index in [2.05, 4.69) is 10.3 Å². The minimum absolute atomic E-state index is 0.0845. The van der Waals surface area contributed by atoms with E-state index in [-0.39, 0.29) is 11.9 Å². The molecule has 2 heterocycles. The minimum atomic E-state index is -0.0865. The Kier molecular flexibility index (Phi) is 3.32. The Balaban J connectivity index is 1.97. The number of hydrogen-bond donors (Lipinski definition) is 1. The summed E-state index contributed by atoms with van der Waals surface area (Å²) in [5, 5.41) is 3.92. The number of nitrogens with one attached hydrogen (secondary N) is 1. The smallest absolute Gasteiger partial charge is 0.229 e. The molecule has 1 aromatic heterocycles. The number of hydrogen-bond acceptors (Lipinski definition) is 3. The molecule has 0 bridgehead atoms. The molecule has 4 nitrogen and oxygen atoms in total. The number of aromatic nitrogens is 1. The van der Waals surface area contributed by atoms with E-state index < -0.39 is 0 Å². The van der Waals surface area contributed by atoms with E-state index in [4.69, 9.17) is 11.6 Å². The van der Waals surface area contributed by atoms with Gasteiger partial charge in [0.1, 0.15) is 0 Å². The Hall–Kier alpha value is -2.07. The maximum absolute atomic E-state index is 12.1. The van der Waals surface area contributed by atoms with Crippen LogP contribution in [0.1, 0.15) is 18.0 Å². The molecule has 1 N–H and O–H groups in total. The van der Waals surface area contributed by atoms with Crippen molar-refractivity contribution in [2.24, 2.45) is 0 Å². The van der Waals surface area contributed by atoms with Gasteiger partial charge in [-0.25, -0.2) is 0 Å². The Morgan fingerprint density at radius 3 is 2.95 bits per heavy atom. The average Bonchev–Trinajstić information content (AvgIpc) is 2.47. The van der Waals surface area contributed by atoms with E-state index in [0.29, 0.717) is 11.4 Å². The zero-order valence-corrected chi connectivity index (χ0v) is 11.8. The molecule has 20 heavy (non-hydrogen) atoms. The normalized spacial score (nSPS) is 17.8. The number of amides is 1. The van der Waals surface area contributed by atoms with Crippen molar-refractivity contribution in [3.05, 3.63) is 53.3 Å². The number of halogens is 1. The standard InChI is InChI=1S/C15H14ClN3O/c1-19-14-5-3-2-4-10(14)12(8-15(19)20)18-13-9-17-7-6-11(13)16/h2-7,9,12,18H,8H2,1H3. The lowest BCUT2D eigenvalue weighted by Gasteiger charge is -2.32. The van der Waals surface area contributed by atoms with Crippen molar-refractivity contribution in [2.75, 3.05) is 17.3 Å². The molecule has 1 atom stereocenters. The quantitative estimate of drug-likeness (QED) is 0.922. The van der Waals surface area contributed by atoms with E-state index in [1.807, 2.05) is 24.3 Å². The van der Waals surface area contributed by atoms with Crippen LogP contribution in [0, 0.1) is 0 Å². The highest BCUT2D eigenvalue weighted by atomic mass is 35.5. The molecule has 1 aromatic carbocycles. The van der Waals surface area contributed by atoms with Crippen LogP contribution in [-0.2, 0) is 4.79 Å². The molecule has 0 fully saturated rings. The number of pyridine rings is 1. The van der Waals surface area contributed by atoms with Crippen LogP contribution in [-0.4, -0.2) is 17.9 Å². The van der Waals surface area contributed by atoms with Gasteiger partial charge in [0.15, 0.2) is 0 Å². The number of rotatable bonds is 2. The zero-order valence-electron chi connectivity index (χ0n) is 11.0. The molecule has 5 heteroatoms. The summed E-state index contributed by atoms with van der Waals surface area (Å²) in [7, 11) is 1.80. The highest BCUT2D eigenvalue weighted by Crippen LogP contribution is 2.36. The Morgan fingerprint density at radius 2 is 2.15 bits per heavy atom. The van der Waals surface area contributed by atoms with Crippen LogP contribution in [0.2, 0.25) is 5.02 Å². The van der Waals surface area contributed by atoms with Crippen LogP contribution in [0.5, 0.6) is 0 Å². The summed E-state index contributed by atoms with van der Waals surface area (Å²) in [6, 6.07) is 9.53. The number of carbonyl (C=O) groups is 1. The third-order valence-electron chi connectivity index (χ3n) is 3.52. The maximum atomic E-state index is 12.1. The molecule has 0 radical (unpaired) electrons. The van der Waals surface area contributed by atoms with Crippen LogP contribution < -0.4 is 10.2 Å². The summed E-state index contributed by atoms with van der Waals surface area (Å²) in [5.74, 6) is 0.0845. The second-order valence-corrected chi connectivity index (χ2v) is 5.18. The number of para-hydroxylation sites is 1. The van der Waals surface area contributed by atoms with Gasteiger partial charge in [0.2, 0.25) is 5.91 Å². The first-order valence-corrected chi connectivity index (χ1v) is 6.76. The third kappa shape index (κ3) is 2.23. The fourth-order valence-electron chi connectivity index (χ4n) is 2.44. The number of fused-ring (bicyclic) bond motifs is 1. The van der Waals surface area contributed by atoms with Crippen molar-refractivity contribution in [3.63, 3.8) is 0 Å². The van der Waals surface area contributed by atoms with Crippen LogP contribution in [0.15, 0.2) is 42.7 Å². The number of benzene rings is 1. The van der Waals surface area contributed by atoms with Gasteiger partial charge in [-0.2, -0.15) is 0 Å². The van der Waals surface area contributed by atoms with E-state index >= 15 is 0 Å². The Bertz CT molecular complexity index is 659. The summed E-state index contributed by atoms with van der Waals surface area (Å²) in [5.41, 5.74) is 2.77. The summed E-state index contributed by atoms with van der Waals surface area (Å²) in [6.45, 7) is 0. The second-order valence-electron chi connectivity index (χ2n) is 4.77. The number of nitrogens with zero attached hydrogens (tertiary/aromatic N) is 2. The van der Waals surface area contributed by atoms with Gasteiger partial charge in [0, 0.05) is 18.9 Å². The van der Waals surface area contributed by atoms with Gasteiger partial charge < -0.3 is 10.2 Å².